The molecule has 0 amide bonds. The molecule has 176 valence electrons. The van der Waals surface area contributed by atoms with Crippen LogP contribution in [0.15, 0.2) is 60.7 Å². The van der Waals surface area contributed by atoms with Crippen molar-refractivity contribution in [3.63, 3.8) is 0 Å². The molecule has 3 aromatic rings. The molecule has 0 bridgehead atoms. The van der Waals surface area contributed by atoms with Gasteiger partial charge in [-0.05, 0) is 46.0 Å². The topological polar surface area (TPSA) is 66.3 Å². The van der Waals surface area contributed by atoms with Crippen LogP contribution in [0.25, 0.3) is 22.5 Å². The molecule has 1 aliphatic rings. The molecule has 2 heterocycles. The lowest BCUT2D eigenvalue weighted by Crippen LogP contribution is -2.32. The monoisotopic (exact) mass is 455 g/mol. The molecule has 34 heavy (non-hydrogen) atoms. The van der Waals surface area contributed by atoms with Crippen LogP contribution in [-0.4, -0.2) is 34.1 Å². The van der Waals surface area contributed by atoms with Gasteiger partial charge in [-0.25, -0.2) is 14.8 Å². The molecular formula is C29H33N3O2. The van der Waals surface area contributed by atoms with Crippen LogP contribution in [0, 0.1) is 13.8 Å². The van der Waals surface area contributed by atoms with Crippen LogP contribution in [0.3, 0.4) is 0 Å². The van der Waals surface area contributed by atoms with Crippen molar-refractivity contribution in [2.75, 3.05) is 18.0 Å². The van der Waals surface area contributed by atoms with E-state index in [9.17, 15) is 4.79 Å². The summed E-state index contributed by atoms with van der Waals surface area (Å²) in [7, 11) is 0. The highest BCUT2D eigenvalue weighted by molar-refractivity contribution is 5.80. The average Bonchev–Trinajstić information content (AvgIpc) is 2.83. The van der Waals surface area contributed by atoms with Crippen LogP contribution in [-0.2, 0) is 11.2 Å². The van der Waals surface area contributed by atoms with E-state index >= 15 is 0 Å². The van der Waals surface area contributed by atoms with Gasteiger partial charge in [-0.3, -0.25) is 0 Å². The number of fused-ring (bicyclic) bond motifs is 1. The predicted octanol–water partition coefficient (Wildman–Crippen LogP) is 6.38. The van der Waals surface area contributed by atoms with Crippen molar-refractivity contribution < 1.29 is 9.90 Å². The first-order valence-electron chi connectivity index (χ1n) is 12.2. The first kappa shape index (κ1) is 23.7. The van der Waals surface area contributed by atoms with E-state index in [2.05, 4.69) is 67.3 Å². The summed E-state index contributed by atoms with van der Waals surface area (Å²) in [4.78, 5) is 23.4. The number of nitrogens with zero attached hydrogens (tertiary/aromatic N) is 3. The second kappa shape index (κ2) is 11.1. The van der Waals surface area contributed by atoms with E-state index in [1.165, 1.54) is 17.2 Å². The van der Waals surface area contributed by atoms with Gasteiger partial charge in [-0.1, -0.05) is 72.2 Å². The highest BCUT2D eigenvalue weighted by atomic mass is 16.4. The van der Waals surface area contributed by atoms with Crippen molar-refractivity contribution in [1.29, 1.82) is 0 Å². The van der Waals surface area contributed by atoms with Crippen LogP contribution in [0.1, 0.15) is 48.9 Å². The van der Waals surface area contributed by atoms with E-state index in [0.717, 1.165) is 85.6 Å². The molecule has 0 aliphatic carbocycles. The molecule has 0 radical (unpaired) electrons. The lowest BCUT2D eigenvalue weighted by atomic mass is 10.0. The maximum Gasteiger partial charge on any atom is 0.327 e. The van der Waals surface area contributed by atoms with Gasteiger partial charge in [-0.2, -0.15) is 0 Å². The quantitative estimate of drug-likeness (QED) is 0.299. The number of benzene rings is 2. The number of hydrogen-bond acceptors (Lipinski definition) is 4. The molecule has 5 nitrogen and oxygen atoms in total. The molecule has 0 fully saturated rings. The number of anilines is 1. The van der Waals surface area contributed by atoms with Crippen molar-refractivity contribution >= 4 is 11.8 Å². The fourth-order valence-electron chi connectivity index (χ4n) is 4.39. The Labute approximate surface area is 202 Å². The zero-order chi connectivity index (χ0) is 23.9. The predicted molar refractivity (Wildman–Crippen MR) is 138 cm³/mol. The summed E-state index contributed by atoms with van der Waals surface area (Å²) in [5, 5.41) is 8.70. The van der Waals surface area contributed by atoms with Crippen LogP contribution in [0.5, 0.6) is 0 Å². The average molecular weight is 456 g/mol. The molecule has 0 atom stereocenters. The minimum Gasteiger partial charge on any atom is -0.478 e. The van der Waals surface area contributed by atoms with Gasteiger partial charge in [0.1, 0.15) is 0 Å². The normalized spacial score (nSPS) is 13.3. The molecule has 2 aromatic carbocycles. The number of carbonyl (C=O) groups is 1. The second-order valence-electron chi connectivity index (χ2n) is 9.10. The van der Waals surface area contributed by atoms with E-state index in [1.807, 2.05) is 0 Å². The van der Waals surface area contributed by atoms with Crippen LogP contribution < -0.4 is 4.90 Å². The summed E-state index contributed by atoms with van der Waals surface area (Å²) in [6, 6.07) is 17.1. The molecule has 4 rings (SSSR count). The lowest BCUT2D eigenvalue weighted by Gasteiger charge is -2.30. The Balaban J connectivity index is 1.59. The third kappa shape index (κ3) is 5.90. The van der Waals surface area contributed by atoms with E-state index in [0.29, 0.717) is 0 Å². The van der Waals surface area contributed by atoms with Gasteiger partial charge < -0.3 is 10.0 Å². The minimum absolute atomic E-state index is 0.806. The molecule has 0 saturated heterocycles. The SMILES string of the molecule is Cc1ccc(-c2nc3c(nc2-c2ccc(C)cc2)N(CCCCC/C=C/C(=O)O)CCC3)cc1. The first-order chi connectivity index (χ1) is 16.5. The minimum atomic E-state index is -0.877. The number of unbranched alkanes of at least 4 members (excludes halogenated alkanes) is 3. The fourth-order valence-corrected chi connectivity index (χ4v) is 4.39. The lowest BCUT2D eigenvalue weighted by molar-refractivity contribution is -0.131. The van der Waals surface area contributed by atoms with Crippen molar-refractivity contribution in [3.8, 4) is 22.5 Å². The van der Waals surface area contributed by atoms with Gasteiger partial charge in [0.25, 0.3) is 0 Å². The molecule has 1 aliphatic heterocycles. The number of carboxylic acids is 1. The zero-order valence-corrected chi connectivity index (χ0v) is 20.1. The van der Waals surface area contributed by atoms with Crippen molar-refractivity contribution in [2.24, 2.45) is 0 Å². The van der Waals surface area contributed by atoms with Gasteiger partial charge in [0.05, 0.1) is 17.1 Å². The van der Waals surface area contributed by atoms with Crippen LogP contribution >= 0.6 is 0 Å². The number of carboxylic acid groups (broad SMARTS) is 1. The highest BCUT2D eigenvalue weighted by Gasteiger charge is 2.23. The van der Waals surface area contributed by atoms with Crippen molar-refractivity contribution in [1.82, 2.24) is 9.97 Å². The number of aromatic nitrogens is 2. The number of aliphatic carboxylic acids is 1. The smallest absolute Gasteiger partial charge is 0.327 e. The first-order valence-corrected chi connectivity index (χ1v) is 12.2. The Bertz CT molecular complexity index is 1150. The molecule has 5 heteroatoms. The molecule has 1 aromatic heterocycles. The Morgan fingerprint density at radius 3 is 2.15 bits per heavy atom. The van der Waals surface area contributed by atoms with Crippen LogP contribution in [0.2, 0.25) is 0 Å². The summed E-state index contributed by atoms with van der Waals surface area (Å²) >= 11 is 0. The Kier molecular flexibility index (Phi) is 7.73. The number of rotatable bonds is 9. The Morgan fingerprint density at radius 1 is 0.912 bits per heavy atom. The zero-order valence-electron chi connectivity index (χ0n) is 20.1. The van der Waals surface area contributed by atoms with Gasteiger partial charge in [0.15, 0.2) is 5.82 Å². The summed E-state index contributed by atoms with van der Waals surface area (Å²) in [5.41, 5.74) is 7.63. The largest absolute Gasteiger partial charge is 0.478 e. The van der Waals surface area contributed by atoms with Crippen molar-refractivity contribution in [3.05, 3.63) is 77.5 Å². The maximum atomic E-state index is 10.6. The van der Waals surface area contributed by atoms with E-state index in [-0.39, 0.29) is 0 Å². The third-order valence-corrected chi connectivity index (χ3v) is 6.30. The molecule has 1 N–H and O–H groups in total. The number of aryl methyl sites for hydroxylation is 3. The molecule has 0 unspecified atom stereocenters. The highest BCUT2D eigenvalue weighted by Crippen LogP contribution is 2.35. The fraction of sp³-hybridized carbons (Fsp3) is 0.345. The second-order valence-corrected chi connectivity index (χ2v) is 9.10. The van der Waals surface area contributed by atoms with E-state index < -0.39 is 5.97 Å². The van der Waals surface area contributed by atoms with Crippen LogP contribution in [0.4, 0.5) is 5.82 Å². The van der Waals surface area contributed by atoms with Gasteiger partial charge in [0.2, 0.25) is 0 Å². The molecular weight excluding hydrogens is 422 g/mol. The molecule has 0 saturated carbocycles. The maximum absolute atomic E-state index is 10.6. The van der Waals surface area contributed by atoms with E-state index in [1.54, 1.807) is 6.08 Å². The summed E-state index contributed by atoms with van der Waals surface area (Å²) in [5.74, 6) is 0.140. The number of hydrogen-bond donors (Lipinski definition) is 1. The van der Waals surface area contributed by atoms with Gasteiger partial charge in [0, 0.05) is 30.3 Å². The summed E-state index contributed by atoms with van der Waals surface area (Å²) in [6.45, 7) is 6.14. The van der Waals surface area contributed by atoms with Gasteiger partial charge in [-0.15, -0.1) is 0 Å². The van der Waals surface area contributed by atoms with Gasteiger partial charge >= 0.3 is 5.97 Å². The number of allylic oxidation sites excluding steroid dienone is 1. The Hall–Kier alpha value is -3.47. The molecule has 0 spiro atoms. The third-order valence-electron chi connectivity index (χ3n) is 6.30. The summed E-state index contributed by atoms with van der Waals surface area (Å²) in [6.07, 6.45) is 8.93. The van der Waals surface area contributed by atoms with Crippen molar-refractivity contribution in [2.45, 2.75) is 52.4 Å². The Morgan fingerprint density at radius 2 is 1.53 bits per heavy atom. The summed E-state index contributed by atoms with van der Waals surface area (Å²) < 4.78 is 0. The standard InChI is InChI=1S/C29H33N3O2/c1-21-11-15-23(16-12-21)27-28(24-17-13-22(2)14-18-24)31-29-25(30-27)9-8-20-32(29)19-7-5-3-4-6-10-26(33)34/h6,10-18H,3-5,7-9,19-20H2,1-2H3,(H,33,34)/b10-6+. The van der Waals surface area contributed by atoms with E-state index in [4.69, 9.17) is 15.1 Å².